The lowest BCUT2D eigenvalue weighted by Crippen LogP contribution is -2.55. The van der Waals surface area contributed by atoms with E-state index in [1.807, 2.05) is 0 Å². The summed E-state index contributed by atoms with van der Waals surface area (Å²) in [4.78, 5) is 14.6. The molecule has 1 aliphatic rings. The van der Waals surface area contributed by atoms with Crippen molar-refractivity contribution in [3.05, 3.63) is 23.8 Å². The number of fused-ring (bicyclic) bond motifs is 1. The Bertz CT molecular complexity index is 661. The molecular weight excluding hydrogens is 282 g/mol. The molecule has 0 spiro atoms. The van der Waals surface area contributed by atoms with Crippen LogP contribution in [0.4, 0.5) is 0 Å². The lowest BCUT2D eigenvalue weighted by Gasteiger charge is -2.42. The minimum Gasteiger partial charge on any atom is -0.381 e. The standard InChI is InChI=1S/C15H21N5O2/c1-20(2)15(5-7-22-8-6-15)10-16-14(21)11-3-4-12-13(9-11)18-19-17-12/h3-4,9H,5-8,10H2,1-2H3,(H,16,21)(H,17,18,19). The Kier molecular flexibility index (Phi) is 4.08. The van der Waals surface area contributed by atoms with Gasteiger partial charge in [0, 0.05) is 30.9 Å². The van der Waals surface area contributed by atoms with Gasteiger partial charge in [0.05, 0.1) is 0 Å². The monoisotopic (exact) mass is 303 g/mol. The Balaban J connectivity index is 1.70. The number of hydrogen-bond acceptors (Lipinski definition) is 5. The smallest absolute Gasteiger partial charge is 0.251 e. The van der Waals surface area contributed by atoms with E-state index in [0.717, 1.165) is 31.6 Å². The molecule has 2 N–H and O–H groups in total. The van der Waals surface area contributed by atoms with Crippen LogP contribution in [-0.2, 0) is 4.74 Å². The number of aromatic nitrogens is 3. The number of hydrogen-bond donors (Lipinski definition) is 2. The molecule has 0 bridgehead atoms. The molecule has 1 saturated heterocycles. The van der Waals surface area contributed by atoms with E-state index in [2.05, 4.69) is 39.7 Å². The quantitative estimate of drug-likeness (QED) is 0.873. The lowest BCUT2D eigenvalue weighted by molar-refractivity contribution is -0.00657. The zero-order valence-corrected chi connectivity index (χ0v) is 12.9. The number of amides is 1. The van der Waals surface area contributed by atoms with Crippen molar-refractivity contribution in [2.24, 2.45) is 0 Å². The van der Waals surface area contributed by atoms with Gasteiger partial charge in [0.2, 0.25) is 0 Å². The van der Waals surface area contributed by atoms with Crippen LogP contribution < -0.4 is 5.32 Å². The number of carbonyl (C=O) groups is 1. The lowest BCUT2D eigenvalue weighted by atomic mass is 9.88. The van der Waals surface area contributed by atoms with Crippen molar-refractivity contribution in [2.75, 3.05) is 33.9 Å². The summed E-state index contributed by atoms with van der Waals surface area (Å²) in [5, 5.41) is 13.6. The van der Waals surface area contributed by atoms with Crippen LogP contribution in [0.2, 0.25) is 0 Å². The molecule has 0 radical (unpaired) electrons. The average molecular weight is 303 g/mol. The molecule has 0 aliphatic carbocycles. The van der Waals surface area contributed by atoms with Crippen LogP contribution in [0.1, 0.15) is 23.2 Å². The highest BCUT2D eigenvalue weighted by atomic mass is 16.5. The van der Waals surface area contributed by atoms with Gasteiger partial charge in [-0.1, -0.05) is 0 Å². The molecule has 0 saturated carbocycles. The second kappa shape index (κ2) is 6.02. The summed E-state index contributed by atoms with van der Waals surface area (Å²) >= 11 is 0. The molecule has 7 nitrogen and oxygen atoms in total. The van der Waals surface area contributed by atoms with Crippen LogP contribution in [-0.4, -0.2) is 65.6 Å². The van der Waals surface area contributed by atoms with Gasteiger partial charge in [-0.15, -0.1) is 0 Å². The fourth-order valence-electron chi connectivity index (χ4n) is 2.86. The maximum Gasteiger partial charge on any atom is 0.251 e. The second-order valence-corrected chi connectivity index (χ2v) is 5.94. The van der Waals surface area contributed by atoms with E-state index < -0.39 is 0 Å². The van der Waals surface area contributed by atoms with Crippen LogP contribution in [0, 0.1) is 0 Å². The minimum absolute atomic E-state index is 0.0358. The van der Waals surface area contributed by atoms with E-state index in [1.165, 1.54) is 0 Å². The Morgan fingerprint density at radius 2 is 2.05 bits per heavy atom. The SMILES string of the molecule is CN(C)C1(CNC(=O)c2ccc3n[nH]nc3c2)CCOCC1. The van der Waals surface area contributed by atoms with Gasteiger partial charge in [-0.25, -0.2) is 0 Å². The summed E-state index contributed by atoms with van der Waals surface area (Å²) in [5.74, 6) is -0.0855. The maximum absolute atomic E-state index is 12.4. The molecule has 3 rings (SSSR count). The number of aromatic amines is 1. The molecule has 2 heterocycles. The zero-order valence-electron chi connectivity index (χ0n) is 12.9. The first-order valence-electron chi connectivity index (χ1n) is 7.45. The van der Waals surface area contributed by atoms with Crippen molar-refractivity contribution < 1.29 is 9.53 Å². The van der Waals surface area contributed by atoms with Crippen molar-refractivity contribution in [3.63, 3.8) is 0 Å². The van der Waals surface area contributed by atoms with E-state index in [9.17, 15) is 4.79 Å². The summed E-state index contributed by atoms with van der Waals surface area (Å²) in [6.45, 7) is 2.08. The molecule has 1 aliphatic heterocycles. The number of nitrogens with zero attached hydrogens (tertiary/aromatic N) is 3. The zero-order chi connectivity index (χ0) is 15.6. The number of H-pyrrole nitrogens is 1. The second-order valence-electron chi connectivity index (χ2n) is 5.94. The molecule has 7 heteroatoms. The van der Waals surface area contributed by atoms with Crippen LogP contribution in [0.3, 0.4) is 0 Å². The third kappa shape index (κ3) is 2.82. The molecule has 22 heavy (non-hydrogen) atoms. The van der Waals surface area contributed by atoms with Gasteiger partial charge >= 0.3 is 0 Å². The number of nitrogens with one attached hydrogen (secondary N) is 2. The summed E-state index contributed by atoms with van der Waals surface area (Å²) in [7, 11) is 4.11. The number of rotatable bonds is 4. The van der Waals surface area contributed by atoms with E-state index in [0.29, 0.717) is 17.6 Å². The van der Waals surface area contributed by atoms with E-state index in [1.54, 1.807) is 18.2 Å². The van der Waals surface area contributed by atoms with E-state index >= 15 is 0 Å². The third-order valence-electron chi connectivity index (χ3n) is 4.53. The molecule has 1 aromatic heterocycles. The third-order valence-corrected chi connectivity index (χ3v) is 4.53. The van der Waals surface area contributed by atoms with Crippen molar-refractivity contribution in [2.45, 2.75) is 18.4 Å². The van der Waals surface area contributed by atoms with Gasteiger partial charge in [-0.05, 0) is 45.1 Å². The first-order valence-corrected chi connectivity index (χ1v) is 7.45. The Labute approximate surface area is 129 Å². The first-order chi connectivity index (χ1) is 10.6. The van der Waals surface area contributed by atoms with Crippen LogP contribution in [0.25, 0.3) is 11.0 Å². The number of carbonyl (C=O) groups excluding carboxylic acids is 1. The molecule has 0 atom stereocenters. The normalized spacial score (nSPS) is 17.8. The predicted octanol–water partition coefficient (Wildman–Crippen LogP) is 0.798. The number of ether oxygens (including phenoxy) is 1. The molecule has 2 aromatic rings. The number of benzene rings is 1. The molecule has 1 fully saturated rings. The van der Waals surface area contributed by atoms with Crippen molar-refractivity contribution in [1.82, 2.24) is 25.6 Å². The van der Waals surface area contributed by atoms with Crippen LogP contribution in [0.5, 0.6) is 0 Å². The summed E-state index contributed by atoms with van der Waals surface area (Å²) in [6.07, 6.45) is 1.84. The van der Waals surface area contributed by atoms with Crippen molar-refractivity contribution >= 4 is 16.9 Å². The van der Waals surface area contributed by atoms with Gasteiger partial charge < -0.3 is 15.0 Å². The minimum atomic E-state index is -0.0855. The number of likely N-dealkylation sites (N-methyl/N-ethyl adjacent to an activating group) is 1. The predicted molar refractivity (Wildman–Crippen MR) is 82.7 cm³/mol. The Hall–Kier alpha value is -1.99. The van der Waals surface area contributed by atoms with Gasteiger partial charge in [0.1, 0.15) is 11.0 Å². The van der Waals surface area contributed by atoms with E-state index in [-0.39, 0.29) is 11.4 Å². The van der Waals surface area contributed by atoms with Gasteiger partial charge in [-0.3, -0.25) is 4.79 Å². The first kappa shape index (κ1) is 14.9. The molecule has 1 aromatic carbocycles. The van der Waals surface area contributed by atoms with Crippen molar-refractivity contribution in [3.8, 4) is 0 Å². The molecule has 0 unspecified atom stereocenters. The molecule has 1 amide bonds. The van der Waals surface area contributed by atoms with Gasteiger partial charge in [0.15, 0.2) is 0 Å². The Morgan fingerprint density at radius 3 is 2.77 bits per heavy atom. The highest BCUT2D eigenvalue weighted by molar-refractivity contribution is 5.97. The highest BCUT2D eigenvalue weighted by Crippen LogP contribution is 2.25. The maximum atomic E-state index is 12.4. The summed E-state index contributed by atoms with van der Waals surface area (Å²) in [5.41, 5.74) is 2.01. The van der Waals surface area contributed by atoms with Gasteiger partial charge in [-0.2, -0.15) is 15.4 Å². The highest BCUT2D eigenvalue weighted by Gasteiger charge is 2.35. The fraction of sp³-hybridized carbons (Fsp3) is 0.533. The Morgan fingerprint density at radius 1 is 1.32 bits per heavy atom. The van der Waals surface area contributed by atoms with Crippen LogP contribution in [0.15, 0.2) is 18.2 Å². The fourth-order valence-corrected chi connectivity index (χ4v) is 2.86. The summed E-state index contributed by atoms with van der Waals surface area (Å²) < 4.78 is 5.45. The largest absolute Gasteiger partial charge is 0.381 e. The summed E-state index contributed by atoms with van der Waals surface area (Å²) in [6, 6.07) is 5.32. The average Bonchev–Trinajstić information content (AvgIpc) is 3.01. The van der Waals surface area contributed by atoms with Gasteiger partial charge in [0.25, 0.3) is 5.91 Å². The van der Waals surface area contributed by atoms with Crippen LogP contribution >= 0.6 is 0 Å². The topological polar surface area (TPSA) is 83.1 Å². The van der Waals surface area contributed by atoms with Crippen molar-refractivity contribution in [1.29, 1.82) is 0 Å². The molecular formula is C15H21N5O2. The van der Waals surface area contributed by atoms with E-state index in [4.69, 9.17) is 4.74 Å². The molecule has 118 valence electrons.